The van der Waals surface area contributed by atoms with E-state index in [1.165, 1.54) is 11.3 Å². The predicted octanol–water partition coefficient (Wildman–Crippen LogP) is 2.25. The van der Waals surface area contributed by atoms with Gasteiger partial charge in [0.2, 0.25) is 10.0 Å². The van der Waals surface area contributed by atoms with Crippen molar-refractivity contribution in [2.45, 2.75) is 24.4 Å². The number of nitrogens with two attached hydrogens (primary N) is 1. The van der Waals surface area contributed by atoms with Crippen LogP contribution in [0.3, 0.4) is 0 Å². The lowest BCUT2D eigenvalue weighted by atomic mass is 10.2. The van der Waals surface area contributed by atoms with Gasteiger partial charge in [-0.2, -0.15) is 0 Å². The quantitative estimate of drug-likeness (QED) is 0.889. The Morgan fingerprint density at radius 2 is 1.95 bits per heavy atom. The summed E-state index contributed by atoms with van der Waals surface area (Å²) >= 11 is 1.53. The molecule has 4 nitrogen and oxygen atoms in total. The van der Waals surface area contributed by atoms with Crippen LogP contribution in [0.1, 0.15) is 23.4 Å². The van der Waals surface area contributed by atoms with E-state index in [0.29, 0.717) is 6.54 Å². The molecule has 0 fully saturated rings. The molecule has 6 heteroatoms. The van der Waals surface area contributed by atoms with Gasteiger partial charge in [-0.1, -0.05) is 18.2 Å². The van der Waals surface area contributed by atoms with E-state index in [1.807, 2.05) is 24.4 Å². The lowest BCUT2D eigenvalue weighted by Crippen LogP contribution is -2.26. The van der Waals surface area contributed by atoms with Crippen molar-refractivity contribution in [3.05, 3.63) is 52.2 Å². The van der Waals surface area contributed by atoms with Gasteiger partial charge >= 0.3 is 0 Å². The third-order valence-electron chi connectivity index (χ3n) is 2.77. The van der Waals surface area contributed by atoms with Gasteiger partial charge in [0.05, 0.1) is 10.9 Å². The van der Waals surface area contributed by atoms with Crippen LogP contribution in [-0.4, -0.2) is 8.42 Å². The molecule has 0 saturated heterocycles. The summed E-state index contributed by atoms with van der Waals surface area (Å²) in [7, 11) is -3.49. The molecule has 0 aliphatic rings. The fraction of sp³-hybridized carbons (Fsp3) is 0.231. The average Bonchev–Trinajstić information content (AvgIpc) is 2.92. The highest BCUT2D eigenvalue weighted by molar-refractivity contribution is 7.89. The maximum atomic E-state index is 12.2. The van der Waals surface area contributed by atoms with Crippen molar-refractivity contribution in [1.29, 1.82) is 0 Å². The third kappa shape index (κ3) is 3.42. The molecule has 0 amide bonds. The van der Waals surface area contributed by atoms with Gasteiger partial charge in [0.15, 0.2) is 0 Å². The van der Waals surface area contributed by atoms with Crippen LogP contribution in [0.4, 0.5) is 0 Å². The van der Waals surface area contributed by atoms with E-state index in [-0.39, 0.29) is 10.9 Å². The van der Waals surface area contributed by atoms with Crippen LogP contribution >= 0.6 is 11.3 Å². The molecule has 19 heavy (non-hydrogen) atoms. The van der Waals surface area contributed by atoms with Crippen molar-refractivity contribution < 1.29 is 8.42 Å². The largest absolute Gasteiger partial charge is 0.326 e. The molecule has 3 N–H and O–H groups in total. The minimum atomic E-state index is -3.49. The Morgan fingerprint density at radius 1 is 1.26 bits per heavy atom. The Kier molecular flexibility index (Phi) is 4.36. The van der Waals surface area contributed by atoms with Crippen LogP contribution in [0.5, 0.6) is 0 Å². The van der Waals surface area contributed by atoms with Crippen molar-refractivity contribution in [2.75, 3.05) is 0 Å². The van der Waals surface area contributed by atoms with E-state index in [1.54, 1.807) is 24.3 Å². The molecule has 0 saturated carbocycles. The summed E-state index contributed by atoms with van der Waals surface area (Å²) in [6.07, 6.45) is 0. The molecular weight excluding hydrogens is 280 g/mol. The van der Waals surface area contributed by atoms with E-state index in [9.17, 15) is 8.42 Å². The molecular formula is C13H16N2O2S2. The first kappa shape index (κ1) is 14.2. The Morgan fingerprint density at radius 3 is 2.47 bits per heavy atom. The van der Waals surface area contributed by atoms with Gasteiger partial charge in [0.1, 0.15) is 0 Å². The number of benzene rings is 1. The van der Waals surface area contributed by atoms with Gasteiger partial charge in [0.25, 0.3) is 0 Å². The summed E-state index contributed by atoms with van der Waals surface area (Å²) in [6.45, 7) is 2.23. The Labute approximate surface area is 117 Å². The Balaban J connectivity index is 2.17. The highest BCUT2D eigenvalue weighted by Gasteiger charge is 2.18. The number of nitrogens with one attached hydrogen (secondary N) is 1. The molecule has 1 aromatic carbocycles. The molecule has 0 radical (unpaired) electrons. The van der Waals surface area contributed by atoms with Gasteiger partial charge in [-0.3, -0.25) is 0 Å². The summed E-state index contributed by atoms with van der Waals surface area (Å²) in [5.41, 5.74) is 6.40. The second-order valence-electron chi connectivity index (χ2n) is 4.21. The lowest BCUT2D eigenvalue weighted by Gasteiger charge is -2.13. The SMILES string of the molecule is CC(NS(=O)(=O)c1ccc(CN)cc1)c1cccs1. The average molecular weight is 296 g/mol. The van der Waals surface area contributed by atoms with E-state index < -0.39 is 10.0 Å². The summed E-state index contributed by atoms with van der Waals surface area (Å²) < 4.78 is 27.1. The lowest BCUT2D eigenvalue weighted by molar-refractivity contribution is 0.568. The zero-order valence-electron chi connectivity index (χ0n) is 10.5. The monoisotopic (exact) mass is 296 g/mol. The zero-order chi connectivity index (χ0) is 13.9. The van der Waals surface area contributed by atoms with Crippen LogP contribution in [0.15, 0.2) is 46.7 Å². The Bertz CT molecular complexity index is 619. The molecule has 102 valence electrons. The van der Waals surface area contributed by atoms with Crippen LogP contribution in [0.2, 0.25) is 0 Å². The van der Waals surface area contributed by atoms with Gasteiger partial charge in [0, 0.05) is 11.4 Å². The van der Waals surface area contributed by atoms with Gasteiger partial charge in [-0.15, -0.1) is 11.3 Å². The molecule has 2 rings (SSSR count). The van der Waals surface area contributed by atoms with E-state index in [4.69, 9.17) is 5.73 Å². The van der Waals surface area contributed by atoms with Crippen molar-refractivity contribution in [1.82, 2.24) is 4.72 Å². The van der Waals surface area contributed by atoms with E-state index >= 15 is 0 Å². The molecule has 2 aromatic rings. The van der Waals surface area contributed by atoms with Gasteiger partial charge < -0.3 is 5.73 Å². The van der Waals surface area contributed by atoms with Crippen LogP contribution < -0.4 is 10.5 Å². The van der Waals surface area contributed by atoms with Crippen molar-refractivity contribution >= 4 is 21.4 Å². The van der Waals surface area contributed by atoms with E-state index in [0.717, 1.165) is 10.4 Å². The fourth-order valence-electron chi connectivity index (χ4n) is 1.70. The fourth-order valence-corrected chi connectivity index (χ4v) is 3.73. The third-order valence-corrected chi connectivity index (χ3v) is 5.38. The molecule has 0 spiro atoms. The number of thiophene rings is 1. The summed E-state index contributed by atoms with van der Waals surface area (Å²) in [5.74, 6) is 0. The predicted molar refractivity (Wildman–Crippen MR) is 77.4 cm³/mol. The second kappa shape index (κ2) is 5.83. The van der Waals surface area contributed by atoms with Crippen LogP contribution in [-0.2, 0) is 16.6 Å². The maximum Gasteiger partial charge on any atom is 0.241 e. The number of hydrogen-bond donors (Lipinski definition) is 2. The minimum Gasteiger partial charge on any atom is -0.326 e. The molecule has 0 aliphatic heterocycles. The van der Waals surface area contributed by atoms with Crippen LogP contribution in [0.25, 0.3) is 0 Å². The molecule has 0 bridgehead atoms. The first-order chi connectivity index (χ1) is 9.03. The topological polar surface area (TPSA) is 72.2 Å². The molecule has 1 unspecified atom stereocenters. The normalized spacial score (nSPS) is 13.4. The molecule has 0 aliphatic carbocycles. The summed E-state index contributed by atoms with van der Waals surface area (Å²) in [5, 5.41) is 1.93. The number of sulfonamides is 1. The first-order valence-electron chi connectivity index (χ1n) is 5.87. The standard InChI is InChI=1S/C13H16N2O2S2/c1-10(13-3-2-8-18-13)15-19(16,17)12-6-4-11(9-14)5-7-12/h2-8,10,15H,9,14H2,1H3. The number of hydrogen-bond acceptors (Lipinski definition) is 4. The van der Waals surface area contributed by atoms with Gasteiger partial charge in [-0.05, 0) is 36.1 Å². The second-order valence-corrected chi connectivity index (χ2v) is 6.90. The highest BCUT2D eigenvalue weighted by Crippen LogP contribution is 2.21. The van der Waals surface area contributed by atoms with Crippen molar-refractivity contribution in [3.63, 3.8) is 0 Å². The van der Waals surface area contributed by atoms with Crippen LogP contribution in [0, 0.1) is 0 Å². The van der Waals surface area contributed by atoms with Crippen molar-refractivity contribution in [2.24, 2.45) is 5.73 Å². The molecule has 1 aromatic heterocycles. The smallest absolute Gasteiger partial charge is 0.241 e. The van der Waals surface area contributed by atoms with E-state index in [2.05, 4.69) is 4.72 Å². The number of rotatable bonds is 5. The Hall–Kier alpha value is -1.21. The minimum absolute atomic E-state index is 0.237. The zero-order valence-corrected chi connectivity index (χ0v) is 12.2. The maximum absolute atomic E-state index is 12.2. The van der Waals surface area contributed by atoms with Gasteiger partial charge in [-0.25, -0.2) is 13.1 Å². The highest BCUT2D eigenvalue weighted by atomic mass is 32.2. The molecule has 1 atom stereocenters. The molecule has 1 heterocycles. The summed E-state index contributed by atoms with van der Waals surface area (Å²) in [6, 6.07) is 10.2. The van der Waals surface area contributed by atoms with Crippen molar-refractivity contribution in [3.8, 4) is 0 Å². The first-order valence-corrected chi connectivity index (χ1v) is 8.24. The summed E-state index contributed by atoms with van der Waals surface area (Å²) in [4.78, 5) is 1.25.